The van der Waals surface area contributed by atoms with Crippen LogP contribution in [0, 0.1) is 0 Å². The van der Waals surface area contributed by atoms with Gasteiger partial charge in [-0.05, 0) is 6.72 Å². The Morgan fingerprint density at radius 3 is 1.85 bits per heavy atom. The third-order valence-electron chi connectivity index (χ3n) is 1.12. The van der Waals surface area contributed by atoms with E-state index in [1.54, 1.807) is 0 Å². The molecule has 76 valence electrons. The molecule has 0 N–H and O–H groups in total. The molecule has 0 aliphatic rings. The normalized spacial score (nSPS) is 11.2. The van der Waals surface area contributed by atoms with Crippen LogP contribution in [0.4, 0.5) is 0 Å². The van der Waals surface area contributed by atoms with E-state index < -0.39 is 10.0 Å². The largest absolute Gasteiger partial charge is 0.254 e. The molecular weight excluding hydrogens is 190 g/mol. The van der Waals surface area contributed by atoms with E-state index in [9.17, 15) is 8.42 Å². The van der Waals surface area contributed by atoms with Crippen LogP contribution < -0.4 is 0 Å². The lowest BCUT2D eigenvalue weighted by Gasteiger charge is -2.13. The summed E-state index contributed by atoms with van der Waals surface area (Å²) in [6.45, 7) is 9.18. The quantitative estimate of drug-likeness (QED) is 0.352. The van der Waals surface area contributed by atoms with Crippen molar-refractivity contribution in [2.75, 3.05) is 20.4 Å². The van der Waals surface area contributed by atoms with Crippen LogP contribution in [0.25, 0.3) is 0 Å². The maximum absolute atomic E-state index is 10.8. The highest BCUT2D eigenvalue weighted by Gasteiger charge is 2.13. The summed E-state index contributed by atoms with van der Waals surface area (Å²) in [6, 6.07) is 0. The second-order valence-corrected chi connectivity index (χ2v) is 3.93. The molecule has 0 spiro atoms. The number of hydrogen-bond donors (Lipinski definition) is 0. The summed E-state index contributed by atoms with van der Waals surface area (Å²) in [4.78, 5) is 7.03. The van der Waals surface area contributed by atoms with Gasteiger partial charge in [0.05, 0.1) is 6.26 Å². The Labute approximate surface area is 79.6 Å². The van der Waals surface area contributed by atoms with Gasteiger partial charge in [0.25, 0.3) is 0 Å². The van der Waals surface area contributed by atoms with E-state index in [0.717, 1.165) is 10.6 Å². The molecule has 0 aliphatic heterocycles. The number of rotatable bonds is 1. The van der Waals surface area contributed by atoms with Crippen molar-refractivity contribution >= 4 is 22.7 Å². The molecule has 0 fully saturated rings. The van der Waals surface area contributed by atoms with Crippen molar-refractivity contribution in [3.63, 3.8) is 0 Å². The topological polar surface area (TPSA) is 62.1 Å². The Kier molecular flexibility index (Phi) is 7.02. The van der Waals surface area contributed by atoms with Crippen molar-refractivity contribution in [2.24, 2.45) is 9.98 Å². The molecule has 0 heterocycles. The molecule has 0 bridgehead atoms. The van der Waals surface area contributed by atoms with Crippen LogP contribution in [-0.2, 0) is 10.0 Å². The predicted molar refractivity (Wildman–Crippen MR) is 56.8 cm³/mol. The first-order valence-corrected chi connectivity index (χ1v) is 5.15. The van der Waals surface area contributed by atoms with E-state index in [1.807, 2.05) is 0 Å². The van der Waals surface area contributed by atoms with Gasteiger partial charge < -0.3 is 0 Å². The maximum atomic E-state index is 10.8. The molecule has 6 heteroatoms. The summed E-state index contributed by atoms with van der Waals surface area (Å²) >= 11 is 0. The minimum Gasteiger partial charge on any atom is -0.254 e. The Morgan fingerprint density at radius 2 is 1.77 bits per heavy atom. The summed E-state index contributed by atoms with van der Waals surface area (Å²) in [6.07, 6.45) is 1.07. The van der Waals surface area contributed by atoms with Crippen LogP contribution in [0.5, 0.6) is 0 Å². The van der Waals surface area contributed by atoms with Gasteiger partial charge in [-0.1, -0.05) is 0 Å². The van der Waals surface area contributed by atoms with Crippen LogP contribution in [0.2, 0.25) is 0 Å². The summed E-state index contributed by atoms with van der Waals surface area (Å²) in [7, 11) is -0.440. The molecular formula is C7H15N3O2S. The summed E-state index contributed by atoms with van der Waals surface area (Å²) in [5.74, 6) is 0.0903. The second kappa shape index (κ2) is 6.36. The summed E-state index contributed by atoms with van der Waals surface area (Å²) in [5, 5.41) is 0. The average Bonchev–Trinajstić information content (AvgIpc) is 2.08. The van der Waals surface area contributed by atoms with Crippen LogP contribution in [-0.4, -0.2) is 45.8 Å². The van der Waals surface area contributed by atoms with Gasteiger partial charge >= 0.3 is 0 Å². The fraction of sp³-hybridized carbons (Fsp3) is 0.429. The number of hydrogen-bond acceptors (Lipinski definition) is 3. The summed E-state index contributed by atoms with van der Waals surface area (Å²) < 4.78 is 22.7. The first-order chi connectivity index (χ1) is 5.93. The molecule has 0 aromatic carbocycles. The molecule has 13 heavy (non-hydrogen) atoms. The highest BCUT2D eigenvalue weighted by molar-refractivity contribution is 7.88. The molecule has 5 nitrogen and oxygen atoms in total. The fourth-order valence-electron chi connectivity index (χ4n) is 0.459. The third-order valence-corrected chi connectivity index (χ3v) is 2.28. The van der Waals surface area contributed by atoms with Gasteiger partial charge in [0.15, 0.2) is 0 Å². The number of aliphatic imine (C=N–C) groups is 2. The zero-order valence-electron chi connectivity index (χ0n) is 8.19. The van der Waals surface area contributed by atoms with E-state index in [-0.39, 0.29) is 5.96 Å². The molecule has 0 aromatic heterocycles. The molecule has 0 amide bonds. The van der Waals surface area contributed by atoms with Crippen molar-refractivity contribution in [2.45, 2.75) is 0 Å². The summed E-state index contributed by atoms with van der Waals surface area (Å²) in [5.41, 5.74) is 0. The third kappa shape index (κ3) is 5.13. The lowest BCUT2D eigenvalue weighted by molar-refractivity contribution is 0.558. The van der Waals surface area contributed by atoms with Crippen LogP contribution >= 0.6 is 0 Å². The minimum atomic E-state index is -3.26. The highest BCUT2D eigenvalue weighted by Crippen LogP contribution is 1.95. The molecule has 0 rings (SSSR count). The molecule has 0 saturated carbocycles. The average molecular weight is 205 g/mol. The Bertz CT molecular complexity index is 282. The predicted octanol–water partition coefficient (Wildman–Crippen LogP) is 0.366. The second-order valence-electron chi connectivity index (χ2n) is 1.91. The van der Waals surface area contributed by atoms with Gasteiger partial charge in [0.1, 0.15) is 0 Å². The lowest BCUT2D eigenvalue weighted by atomic mass is 10.9. The number of nitrogens with zero attached hydrogens (tertiary/aromatic N) is 3. The highest BCUT2D eigenvalue weighted by atomic mass is 32.2. The first kappa shape index (κ1) is 14.4. The smallest absolute Gasteiger partial charge is 0.234 e. The lowest BCUT2D eigenvalue weighted by Crippen LogP contribution is -2.30. The van der Waals surface area contributed by atoms with Crippen molar-refractivity contribution in [1.29, 1.82) is 0 Å². The van der Waals surface area contributed by atoms with Crippen molar-refractivity contribution in [3.8, 4) is 0 Å². The zero-order valence-corrected chi connectivity index (χ0v) is 9.00. The van der Waals surface area contributed by atoms with Gasteiger partial charge in [0.2, 0.25) is 16.0 Å². The van der Waals surface area contributed by atoms with E-state index in [0.29, 0.717) is 0 Å². The molecule has 0 unspecified atom stereocenters. The Morgan fingerprint density at radius 1 is 1.38 bits per heavy atom. The molecule has 0 atom stereocenters. The van der Waals surface area contributed by atoms with E-state index in [4.69, 9.17) is 0 Å². The molecule has 0 aliphatic carbocycles. The maximum Gasteiger partial charge on any atom is 0.234 e. The van der Waals surface area contributed by atoms with Gasteiger partial charge in [-0.2, -0.15) is 0 Å². The number of guanidine groups is 1. The van der Waals surface area contributed by atoms with Crippen molar-refractivity contribution in [3.05, 3.63) is 13.2 Å². The van der Waals surface area contributed by atoms with Gasteiger partial charge in [-0.15, -0.1) is 13.2 Å². The van der Waals surface area contributed by atoms with Gasteiger partial charge in [0, 0.05) is 14.1 Å². The Hall–Kier alpha value is -1.17. The Balaban J connectivity index is 0. The van der Waals surface area contributed by atoms with Crippen LogP contribution in [0.1, 0.15) is 0 Å². The van der Waals surface area contributed by atoms with Crippen LogP contribution in [0.15, 0.2) is 23.1 Å². The molecule has 0 radical (unpaired) electrons. The van der Waals surface area contributed by atoms with E-state index in [1.165, 1.54) is 14.1 Å². The van der Waals surface area contributed by atoms with Gasteiger partial charge in [-0.25, -0.2) is 17.7 Å². The molecule has 0 aromatic rings. The minimum absolute atomic E-state index is 0.0903. The fourth-order valence-corrected chi connectivity index (χ4v) is 0.895. The molecule has 0 saturated heterocycles. The first-order valence-electron chi connectivity index (χ1n) is 3.31. The van der Waals surface area contributed by atoms with Gasteiger partial charge in [-0.3, -0.25) is 4.99 Å². The monoisotopic (exact) mass is 205 g/mol. The van der Waals surface area contributed by atoms with Crippen LogP contribution in [0.3, 0.4) is 0 Å². The zero-order chi connectivity index (χ0) is 11.1. The van der Waals surface area contributed by atoms with E-state index >= 15 is 0 Å². The number of sulfonamides is 1. The van der Waals surface area contributed by atoms with Crippen molar-refractivity contribution < 1.29 is 8.42 Å². The SMILES string of the molecule is C=C.C=NC(=NC)N(C)S(C)(=O)=O. The van der Waals surface area contributed by atoms with E-state index in [2.05, 4.69) is 29.9 Å². The van der Waals surface area contributed by atoms with Crippen molar-refractivity contribution in [1.82, 2.24) is 4.31 Å². The standard InChI is InChI=1S/C5H11N3O2S.C2H4/c1-6-5(7-2)8(3)11(4,9)10;1-2/h1H2,2-4H3;1-2H2.